The number of pyridine rings is 1. The second-order valence-corrected chi connectivity index (χ2v) is 6.64. The minimum atomic E-state index is -0.197. The Hall–Kier alpha value is -1.58. The number of ether oxygens (including phenoxy) is 1. The van der Waals surface area contributed by atoms with E-state index in [1.54, 1.807) is 12.4 Å². The van der Waals surface area contributed by atoms with Crippen molar-refractivity contribution in [2.75, 3.05) is 5.73 Å². The normalized spacial score (nSPS) is 28.9. The molecule has 0 saturated heterocycles. The van der Waals surface area contributed by atoms with Gasteiger partial charge in [-0.3, -0.25) is 9.78 Å². The fourth-order valence-corrected chi connectivity index (χ4v) is 3.66. The van der Waals surface area contributed by atoms with Crippen LogP contribution in [-0.2, 0) is 9.53 Å². The summed E-state index contributed by atoms with van der Waals surface area (Å²) in [5.41, 5.74) is 7.92. The molecule has 4 nitrogen and oxygen atoms in total. The fraction of sp³-hybridized carbons (Fsp3) is 0.625. The quantitative estimate of drug-likeness (QED) is 0.843. The minimum absolute atomic E-state index is 0.0284. The topological polar surface area (TPSA) is 65.2 Å². The number of carbonyl (C=O) groups excluding carboxylic acids is 1. The summed E-state index contributed by atoms with van der Waals surface area (Å²) < 4.78 is 5.55. The number of aromatic nitrogens is 1. The SMILES string of the molecule is CC(=O)OC1C(C)CC(c2ccncc2N)CC1(C)C. The molecule has 0 aromatic carbocycles. The maximum absolute atomic E-state index is 11.3. The van der Waals surface area contributed by atoms with E-state index in [0.29, 0.717) is 11.8 Å². The summed E-state index contributed by atoms with van der Waals surface area (Å²) in [6.45, 7) is 7.97. The molecule has 0 spiro atoms. The predicted octanol–water partition coefficient (Wildman–Crippen LogP) is 3.14. The molecule has 1 aromatic rings. The zero-order valence-electron chi connectivity index (χ0n) is 12.7. The van der Waals surface area contributed by atoms with Crippen molar-refractivity contribution < 1.29 is 9.53 Å². The molecule has 110 valence electrons. The number of hydrogen-bond donors (Lipinski definition) is 1. The standard InChI is InChI=1S/C16H24N2O2/c1-10-7-12(13-5-6-18-9-14(13)17)8-16(3,4)15(10)20-11(2)19/h5-6,9-10,12,15H,7-8,17H2,1-4H3. The van der Waals surface area contributed by atoms with E-state index in [9.17, 15) is 4.79 Å². The van der Waals surface area contributed by atoms with E-state index in [2.05, 4.69) is 25.8 Å². The van der Waals surface area contributed by atoms with E-state index in [1.165, 1.54) is 12.5 Å². The molecule has 3 atom stereocenters. The number of carbonyl (C=O) groups is 1. The number of hydrogen-bond acceptors (Lipinski definition) is 4. The average Bonchev–Trinajstić information content (AvgIpc) is 2.33. The van der Waals surface area contributed by atoms with Gasteiger partial charge in [-0.15, -0.1) is 0 Å². The van der Waals surface area contributed by atoms with Crippen molar-refractivity contribution in [2.45, 2.75) is 52.6 Å². The number of nitrogens with zero attached hydrogens (tertiary/aromatic N) is 1. The van der Waals surface area contributed by atoms with Gasteiger partial charge < -0.3 is 10.5 Å². The van der Waals surface area contributed by atoms with Crippen molar-refractivity contribution in [2.24, 2.45) is 11.3 Å². The summed E-state index contributed by atoms with van der Waals surface area (Å²) >= 11 is 0. The Morgan fingerprint density at radius 1 is 1.50 bits per heavy atom. The number of esters is 1. The highest BCUT2D eigenvalue weighted by atomic mass is 16.5. The first-order valence-electron chi connectivity index (χ1n) is 7.18. The Kier molecular flexibility index (Phi) is 4.02. The van der Waals surface area contributed by atoms with Gasteiger partial charge in [0.05, 0.1) is 11.9 Å². The van der Waals surface area contributed by atoms with E-state index in [1.807, 2.05) is 6.07 Å². The number of rotatable bonds is 2. The van der Waals surface area contributed by atoms with E-state index in [0.717, 1.165) is 18.5 Å². The zero-order valence-corrected chi connectivity index (χ0v) is 12.7. The first-order valence-corrected chi connectivity index (χ1v) is 7.18. The fourth-order valence-electron chi connectivity index (χ4n) is 3.66. The lowest BCUT2D eigenvalue weighted by atomic mass is 9.64. The number of nitrogens with two attached hydrogens (primary N) is 1. The number of nitrogen functional groups attached to an aromatic ring is 1. The number of anilines is 1. The van der Waals surface area contributed by atoms with Gasteiger partial charge in [0.25, 0.3) is 0 Å². The van der Waals surface area contributed by atoms with Crippen LogP contribution in [0.1, 0.15) is 52.0 Å². The van der Waals surface area contributed by atoms with Gasteiger partial charge in [0.1, 0.15) is 6.10 Å². The van der Waals surface area contributed by atoms with Crippen molar-refractivity contribution in [3.8, 4) is 0 Å². The van der Waals surface area contributed by atoms with Crippen LogP contribution < -0.4 is 5.73 Å². The molecule has 2 rings (SSSR count). The van der Waals surface area contributed by atoms with Crippen LogP contribution in [-0.4, -0.2) is 17.1 Å². The third-order valence-electron chi connectivity index (χ3n) is 4.34. The summed E-state index contributed by atoms with van der Waals surface area (Å²) in [6.07, 6.45) is 5.42. The van der Waals surface area contributed by atoms with Crippen LogP contribution in [0.3, 0.4) is 0 Å². The van der Waals surface area contributed by atoms with Gasteiger partial charge in [0, 0.05) is 18.5 Å². The maximum Gasteiger partial charge on any atom is 0.302 e. The lowest BCUT2D eigenvalue weighted by molar-refractivity contribution is -0.160. The van der Waals surface area contributed by atoms with Crippen molar-refractivity contribution in [3.63, 3.8) is 0 Å². The van der Waals surface area contributed by atoms with Gasteiger partial charge in [-0.2, -0.15) is 0 Å². The van der Waals surface area contributed by atoms with Crippen LogP contribution in [0.25, 0.3) is 0 Å². The Labute approximate surface area is 120 Å². The molecular formula is C16H24N2O2. The highest BCUT2D eigenvalue weighted by Gasteiger charge is 2.43. The lowest BCUT2D eigenvalue weighted by Gasteiger charge is -2.45. The lowest BCUT2D eigenvalue weighted by Crippen LogP contribution is -2.44. The first kappa shape index (κ1) is 14.8. The highest BCUT2D eigenvalue weighted by molar-refractivity contribution is 5.66. The molecule has 0 aliphatic heterocycles. The van der Waals surface area contributed by atoms with Crippen LogP contribution >= 0.6 is 0 Å². The third kappa shape index (κ3) is 2.94. The van der Waals surface area contributed by atoms with Gasteiger partial charge in [-0.1, -0.05) is 20.8 Å². The molecule has 1 saturated carbocycles. The molecule has 0 radical (unpaired) electrons. The van der Waals surface area contributed by atoms with E-state index in [4.69, 9.17) is 10.5 Å². The highest BCUT2D eigenvalue weighted by Crippen LogP contribution is 2.48. The molecule has 4 heteroatoms. The third-order valence-corrected chi connectivity index (χ3v) is 4.34. The Balaban J connectivity index is 2.23. The smallest absolute Gasteiger partial charge is 0.302 e. The van der Waals surface area contributed by atoms with Gasteiger partial charge in [-0.25, -0.2) is 0 Å². The van der Waals surface area contributed by atoms with Gasteiger partial charge in [0.15, 0.2) is 0 Å². The van der Waals surface area contributed by atoms with Gasteiger partial charge in [0.2, 0.25) is 0 Å². The van der Waals surface area contributed by atoms with Crippen molar-refractivity contribution in [1.29, 1.82) is 0 Å². The molecule has 1 fully saturated rings. The predicted molar refractivity (Wildman–Crippen MR) is 79.1 cm³/mol. The van der Waals surface area contributed by atoms with E-state index < -0.39 is 0 Å². The second kappa shape index (κ2) is 5.43. The van der Waals surface area contributed by atoms with E-state index in [-0.39, 0.29) is 17.5 Å². The van der Waals surface area contributed by atoms with Crippen molar-refractivity contribution in [3.05, 3.63) is 24.0 Å². The van der Waals surface area contributed by atoms with Gasteiger partial charge in [-0.05, 0) is 36.3 Å². The Bertz CT molecular complexity index is 499. The van der Waals surface area contributed by atoms with Crippen LogP contribution in [0, 0.1) is 11.3 Å². The molecular weight excluding hydrogens is 252 g/mol. The molecule has 0 bridgehead atoms. The first-order chi connectivity index (χ1) is 9.31. The largest absolute Gasteiger partial charge is 0.462 e. The van der Waals surface area contributed by atoms with Crippen LogP contribution in [0.5, 0.6) is 0 Å². The Morgan fingerprint density at radius 3 is 2.75 bits per heavy atom. The summed E-state index contributed by atoms with van der Waals surface area (Å²) in [7, 11) is 0. The summed E-state index contributed by atoms with van der Waals surface area (Å²) in [5, 5.41) is 0. The summed E-state index contributed by atoms with van der Waals surface area (Å²) in [4.78, 5) is 15.4. The van der Waals surface area contributed by atoms with Crippen LogP contribution in [0.2, 0.25) is 0 Å². The Morgan fingerprint density at radius 2 is 2.20 bits per heavy atom. The summed E-state index contributed by atoms with van der Waals surface area (Å²) in [5.74, 6) is 0.520. The molecule has 1 heterocycles. The molecule has 1 aromatic heterocycles. The average molecular weight is 276 g/mol. The monoisotopic (exact) mass is 276 g/mol. The molecule has 3 unspecified atom stereocenters. The molecule has 0 amide bonds. The van der Waals surface area contributed by atoms with Crippen molar-refractivity contribution in [1.82, 2.24) is 4.98 Å². The van der Waals surface area contributed by atoms with Crippen molar-refractivity contribution >= 4 is 11.7 Å². The van der Waals surface area contributed by atoms with E-state index >= 15 is 0 Å². The summed E-state index contributed by atoms with van der Waals surface area (Å²) in [6, 6.07) is 2.01. The maximum atomic E-state index is 11.3. The minimum Gasteiger partial charge on any atom is -0.462 e. The van der Waals surface area contributed by atoms with Gasteiger partial charge >= 0.3 is 5.97 Å². The molecule has 2 N–H and O–H groups in total. The molecule has 1 aliphatic rings. The zero-order chi connectivity index (χ0) is 14.9. The second-order valence-electron chi connectivity index (χ2n) is 6.64. The molecule has 20 heavy (non-hydrogen) atoms. The van der Waals surface area contributed by atoms with Crippen LogP contribution in [0.15, 0.2) is 18.5 Å². The van der Waals surface area contributed by atoms with Crippen LogP contribution in [0.4, 0.5) is 5.69 Å². The molecule has 1 aliphatic carbocycles.